The lowest BCUT2D eigenvalue weighted by Crippen LogP contribution is -1.85. The van der Waals surface area contributed by atoms with Gasteiger partial charge in [-0.1, -0.05) is 76.6 Å². The van der Waals surface area contributed by atoms with Gasteiger partial charge in [0.2, 0.25) is 0 Å². The van der Waals surface area contributed by atoms with Crippen LogP contribution < -0.4 is 0 Å². The summed E-state index contributed by atoms with van der Waals surface area (Å²) in [6.07, 6.45) is 12.8. The Morgan fingerprint density at radius 1 is 0.556 bits per heavy atom. The number of aryl methyl sites for hydroxylation is 2. The molecule has 2 heteroatoms. The van der Waals surface area contributed by atoms with Crippen LogP contribution in [0.1, 0.15) is 76.3 Å². The van der Waals surface area contributed by atoms with Crippen molar-refractivity contribution in [3.05, 3.63) is 71.8 Å². The molecule has 0 unspecified atom stereocenters. The molecule has 184 valence electrons. The topological polar surface area (TPSA) is 13.1 Å². The number of unbranched alkanes of at least 4 members (excludes halogenated alkanes) is 6. The molecular formula is C34H36OS. The van der Waals surface area contributed by atoms with Crippen LogP contribution in [0.3, 0.4) is 0 Å². The van der Waals surface area contributed by atoms with E-state index in [9.17, 15) is 0 Å². The van der Waals surface area contributed by atoms with E-state index in [1.165, 1.54) is 111 Å². The lowest BCUT2D eigenvalue weighted by molar-refractivity contribution is 0.665. The highest BCUT2D eigenvalue weighted by molar-refractivity contribution is 7.26. The lowest BCUT2D eigenvalue weighted by atomic mass is 10.00. The van der Waals surface area contributed by atoms with E-state index in [-0.39, 0.29) is 0 Å². The van der Waals surface area contributed by atoms with Gasteiger partial charge < -0.3 is 4.42 Å². The molecular weight excluding hydrogens is 456 g/mol. The second-order valence-corrected chi connectivity index (χ2v) is 11.5. The monoisotopic (exact) mass is 492 g/mol. The van der Waals surface area contributed by atoms with E-state index in [0.717, 1.165) is 17.6 Å². The molecule has 0 aliphatic carbocycles. The van der Waals surface area contributed by atoms with Crippen LogP contribution in [0.5, 0.6) is 0 Å². The third-order valence-corrected chi connectivity index (χ3v) is 9.05. The molecule has 0 aliphatic heterocycles. The highest BCUT2D eigenvalue weighted by Gasteiger charge is 2.15. The van der Waals surface area contributed by atoms with Crippen LogP contribution in [0.15, 0.2) is 65.1 Å². The van der Waals surface area contributed by atoms with Gasteiger partial charge in [-0.15, -0.1) is 11.3 Å². The summed E-state index contributed by atoms with van der Waals surface area (Å²) in [6, 6.07) is 23.1. The smallest absolute Gasteiger partial charge is 0.143 e. The van der Waals surface area contributed by atoms with Crippen molar-refractivity contribution >= 4 is 64.2 Å². The highest BCUT2D eigenvalue weighted by Crippen LogP contribution is 2.42. The van der Waals surface area contributed by atoms with Gasteiger partial charge in [-0.25, -0.2) is 0 Å². The maximum Gasteiger partial charge on any atom is 0.143 e. The van der Waals surface area contributed by atoms with Crippen LogP contribution in [-0.4, -0.2) is 0 Å². The predicted octanol–water partition coefficient (Wildman–Crippen LogP) is 11.4. The van der Waals surface area contributed by atoms with Crippen molar-refractivity contribution in [2.24, 2.45) is 0 Å². The average molecular weight is 493 g/mol. The summed E-state index contributed by atoms with van der Waals surface area (Å²) in [5.41, 5.74) is 4.92. The normalized spacial score (nSPS) is 12.2. The third-order valence-electron chi connectivity index (χ3n) is 7.83. The van der Waals surface area contributed by atoms with Crippen molar-refractivity contribution in [1.29, 1.82) is 0 Å². The fraction of sp³-hybridized carbons (Fsp3) is 0.353. The molecule has 0 bridgehead atoms. The molecule has 36 heavy (non-hydrogen) atoms. The van der Waals surface area contributed by atoms with E-state index in [4.69, 9.17) is 4.42 Å². The van der Waals surface area contributed by atoms with E-state index in [1.807, 2.05) is 11.3 Å². The van der Waals surface area contributed by atoms with Gasteiger partial charge in [-0.2, -0.15) is 0 Å². The van der Waals surface area contributed by atoms with Crippen molar-refractivity contribution < 1.29 is 4.42 Å². The summed E-state index contributed by atoms with van der Waals surface area (Å²) in [5, 5.41) is 7.81. The van der Waals surface area contributed by atoms with Crippen LogP contribution in [0.2, 0.25) is 0 Å². The van der Waals surface area contributed by atoms with Crippen LogP contribution in [0.4, 0.5) is 0 Å². The maximum atomic E-state index is 6.47. The second kappa shape index (κ2) is 10.3. The Hall–Kier alpha value is -2.84. The summed E-state index contributed by atoms with van der Waals surface area (Å²) >= 11 is 1.92. The van der Waals surface area contributed by atoms with Crippen LogP contribution >= 0.6 is 11.3 Å². The molecule has 1 nitrogen and oxygen atoms in total. The van der Waals surface area contributed by atoms with Gasteiger partial charge in [-0.3, -0.25) is 0 Å². The average Bonchev–Trinajstić information content (AvgIpc) is 3.47. The zero-order valence-corrected chi connectivity index (χ0v) is 22.5. The van der Waals surface area contributed by atoms with Crippen LogP contribution in [0.25, 0.3) is 52.9 Å². The number of benzene rings is 4. The van der Waals surface area contributed by atoms with Crippen molar-refractivity contribution in [1.82, 2.24) is 0 Å². The Balaban J connectivity index is 1.40. The molecule has 0 spiro atoms. The number of thiophene rings is 1. The summed E-state index contributed by atoms with van der Waals surface area (Å²) in [4.78, 5) is 0. The van der Waals surface area contributed by atoms with Gasteiger partial charge in [-0.05, 0) is 73.2 Å². The Labute approximate surface area is 218 Å². The van der Waals surface area contributed by atoms with Gasteiger partial charge in [0.05, 0.1) is 0 Å². The molecule has 0 radical (unpaired) electrons. The Kier molecular flexibility index (Phi) is 6.71. The van der Waals surface area contributed by atoms with Crippen molar-refractivity contribution in [3.63, 3.8) is 0 Å². The largest absolute Gasteiger partial charge is 0.455 e. The minimum absolute atomic E-state index is 0.999. The second-order valence-electron chi connectivity index (χ2n) is 10.5. The Morgan fingerprint density at radius 3 is 1.83 bits per heavy atom. The quantitative estimate of drug-likeness (QED) is 0.173. The number of furan rings is 1. The van der Waals surface area contributed by atoms with E-state index in [1.54, 1.807) is 0 Å². The van der Waals surface area contributed by atoms with Crippen molar-refractivity contribution in [2.75, 3.05) is 0 Å². The molecule has 0 N–H and O–H groups in total. The molecule has 0 aliphatic rings. The minimum atomic E-state index is 0.999. The first-order chi connectivity index (χ1) is 17.8. The molecule has 0 amide bonds. The molecule has 0 saturated carbocycles. The van der Waals surface area contributed by atoms with Gasteiger partial charge in [0.15, 0.2) is 0 Å². The Morgan fingerprint density at radius 2 is 1.14 bits per heavy atom. The number of fused-ring (bicyclic) bond motifs is 9. The first-order valence-corrected chi connectivity index (χ1v) is 14.8. The summed E-state index contributed by atoms with van der Waals surface area (Å²) in [7, 11) is 0. The first kappa shape index (κ1) is 23.6. The van der Waals surface area contributed by atoms with Crippen LogP contribution in [0, 0.1) is 0 Å². The molecule has 0 atom stereocenters. The van der Waals surface area contributed by atoms with Gasteiger partial charge in [0.25, 0.3) is 0 Å². The maximum absolute atomic E-state index is 6.47. The van der Waals surface area contributed by atoms with E-state index < -0.39 is 0 Å². The fourth-order valence-electron chi connectivity index (χ4n) is 5.79. The molecule has 4 aromatic carbocycles. The summed E-state index contributed by atoms with van der Waals surface area (Å²) in [6.45, 7) is 4.55. The molecule has 6 aromatic rings. The zero-order chi connectivity index (χ0) is 24.5. The SMILES string of the molecule is CCCCCCc1ccc2oc3c(ccc4c3ccc3c5cc(CCCCCC)ccc5sc34)c2c1. The minimum Gasteiger partial charge on any atom is -0.455 e. The fourth-order valence-corrected chi connectivity index (χ4v) is 7.00. The van der Waals surface area contributed by atoms with Crippen molar-refractivity contribution in [3.8, 4) is 0 Å². The zero-order valence-electron chi connectivity index (χ0n) is 21.7. The third kappa shape index (κ3) is 4.30. The molecule has 0 saturated heterocycles. The van der Waals surface area contributed by atoms with Gasteiger partial charge >= 0.3 is 0 Å². The number of hydrogen-bond donors (Lipinski definition) is 0. The van der Waals surface area contributed by atoms with Gasteiger partial charge in [0, 0.05) is 41.7 Å². The standard InChI is InChI=1S/C34H36OS/c1-3-5-7-9-11-23-13-19-31-29(21-23)26-16-17-27-25(33(26)35-31)15-18-28-30-22-24(12-10-8-6-4-2)14-20-32(30)36-34(27)28/h13-22H,3-12H2,1-2H3. The number of rotatable bonds is 10. The molecule has 0 fully saturated rings. The van der Waals surface area contributed by atoms with E-state index in [2.05, 4.69) is 74.5 Å². The summed E-state index contributed by atoms with van der Waals surface area (Å²) in [5.74, 6) is 0. The molecule has 2 heterocycles. The van der Waals surface area contributed by atoms with E-state index in [0.29, 0.717) is 0 Å². The lowest BCUT2D eigenvalue weighted by Gasteiger charge is -2.03. The van der Waals surface area contributed by atoms with Crippen LogP contribution in [-0.2, 0) is 12.8 Å². The molecule has 6 rings (SSSR count). The predicted molar refractivity (Wildman–Crippen MR) is 160 cm³/mol. The molecule has 2 aromatic heterocycles. The van der Waals surface area contributed by atoms with E-state index >= 15 is 0 Å². The van der Waals surface area contributed by atoms with Crippen molar-refractivity contribution in [2.45, 2.75) is 78.1 Å². The number of hydrogen-bond acceptors (Lipinski definition) is 2. The summed E-state index contributed by atoms with van der Waals surface area (Å²) < 4.78 is 9.24. The first-order valence-electron chi connectivity index (χ1n) is 14.0. The highest BCUT2D eigenvalue weighted by atomic mass is 32.1. The Bertz CT molecular complexity index is 1540. The van der Waals surface area contributed by atoms with Gasteiger partial charge in [0.1, 0.15) is 11.2 Å².